The first-order valence-electron chi connectivity index (χ1n) is 4.83. The van der Waals surface area contributed by atoms with Crippen molar-refractivity contribution < 1.29 is 23.2 Å². The fraction of sp³-hybridized carbons (Fsp3) is 0.300. The highest BCUT2D eigenvalue weighted by Gasteiger charge is 2.29. The lowest BCUT2D eigenvalue weighted by atomic mass is 10.0. The van der Waals surface area contributed by atoms with Crippen molar-refractivity contribution >= 4 is 11.8 Å². The van der Waals surface area contributed by atoms with Gasteiger partial charge in [-0.15, -0.1) is 0 Å². The quantitative estimate of drug-likeness (QED) is 0.466. The number of methoxy groups -OCH3 is 1. The normalized spacial score (nSPS) is 10.1. The Balaban J connectivity index is 3.54. The van der Waals surface area contributed by atoms with Crippen molar-refractivity contribution in [2.24, 2.45) is 0 Å². The minimum atomic E-state index is -3.14. The molecule has 0 atom stereocenters. The van der Waals surface area contributed by atoms with Crippen LogP contribution in [0.2, 0.25) is 0 Å². The zero-order valence-corrected chi connectivity index (χ0v) is 9.59. The number of nitriles is 1. The smallest absolute Gasteiger partial charge is 0.367 e. The molecule has 7 nitrogen and oxygen atoms in total. The largest absolute Gasteiger partial charge is 0.469 e. The lowest BCUT2D eigenvalue weighted by Crippen LogP contribution is -2.12. The molecular formula is C10H7F2N3O4. The molecule has 0 radical (unpaired) electrons. The van der Waals surface area contributed by atoms with E-state index in [9.17, 15) is 23.7 Å². The Morgan fingerprint density at radius 3 is 2.74 bits per heavy atom. The van der Waals surface area contributed by atoms with Crippen LogP contribution < -0.4 is 0 Å². The van der Waals surface area contributed by atoms with E-state index >= 15 is 0 Å². The van der Waals surface area contributed by atoms with Gasteiger partial charge in [-0.3, -0.25) is 4.79 Å². The summed E-state index contributed by atoms with van der Waals surface area (Å²) in [4.78, 5) is 24.2. The van der Waals surface area contributed by atoms with Gasteiger partial charge in [0, 0.05) is 0 Å². The Bertz CT molecular complexity index is 569. The molecule has 1 aromatic heterocycles. The van der Waals surface area contributed by atoms with Crippen molar-refractivity contribution in [1.29, 1.82) is 5.26 Å². The second-order valence-corrected chi connectivity index (χ2v) is 3.31. The molecule has 19 heavy (non-hydrogen) atoms. The third kappa shape index (κ3) is 2.98. The Hall–Kier alpha value is -2.63. The fourth-order valence-electron chi connectivity index (χ4n) is 1.44. The van der Waals surface area contributed by atoms with Gasteiger partial charge < -0.3 is 14.9 Å². The summed E-state index contributed by atoms with van der Waals surface area (Å²) in [5.41, 5.74) is -1.99. The van der Waals surface area contributed by atoms with Gasteiger partial charge in [0.15, 0.2) is 6.20 Å². The molecule has 0 saturated heterocycles. The van der Waals surface area contributed by atoms with Gasteiger partial charge in [0.25, 0.3) is 6.43 Å². The topological polar surface area (TPSA) is 106 Å². The summed E-state index contributed by atoms with van der Waals surface area (Å²) in [6.45, 7) is 0. The lowest BCUT2D eigenvalue weighted by molar-refractivity contribution is -0.390. The molecule has 0 N–H and O–H groups in total. The molecule has 0 unspecified atom stereocenters. The van der Waals surface area contributed by atoms with Crippen LogP contribution >= 0.6 is 0 Å². The third-order valence-corrected chi connectivity index (χ3v) is 2.26. The fourth-order valence-corrected chi connectivity index (χ4v) is 1.44. The molecule has 1 heterocycles. The van der Waals surface area contributed by atoms with Crippen molar-refractivity contribution in [3.8, 4) is 6.07 Å². The van der Waals surface area contributed by atoms with Crippen LogP contribution in [-0.4, -0.2) is 23.0 Å². The Kier molecular flexibility index (Phi) is 4.41. The number of nitrogens with zero attached hydrogens (tertiary/aromatic N) is 3. The van der Waals surface area contributed by atoms with Crippen LogP contribution in [-0.2, 0) is 16.0 Å². The maximum Gasteiger partial charge on any atom is 0.367 e. The van der Waals surface area contributed by atoms with Crippen LogP contribution in [0.5, 0.6) is 0 Å². The van der Waals surface area contributed by atoms with Crippen molar-refractivity contribution in [3.63, 3.8) is 0 Å². The predicted octanol–water partition coefficient (Wildman–Crippen LogP) is 1.51. The first-order valence-corrected chi connectivity index (χ1v) is 4.83. The van der Waals surface area contributed by atoms with Crippen molar-refractivity contribution in [2.45, 2.75) is 12.8 Å². The second kappa shape index (κ2) is 5.81. The van der Waals surface area contributed by atoms with E-state index in [2.05, 4.69) is 9.72 Å². The van der Waals surface area contributed by atoms with Gasteiger partial charge in [-0.2, -0.15) is 5.26 Å². The molecule has 0 bridgehead atoms. The minimum Gasteiger partial charge on any atom is -0.469 e. The molecule has 0 aromatic carbocycles. The van der Waals surface area contributed by atoms with Crippen molar-refractivity contribution in [2.75, 3.05) is 7.11 Å². The van der Waals surface area contributed by atoms with E-state index in [4.69, 9.17) is 5.26 Å². The summed E-state index contributed by atoms with van der Waals surface area (Å²) in [5, 5.41) is 19.4. The standard InChI is InChI=1S/C10H7F2N3O4/c1-19-7(16)2-6-8(9(11)12)5(3-13)4-14-10(6)15(17)18/h4,9H,2H2,1H3. The van der Waals surface area contributed by atoms with Crippen molar-refractivity contribution in [1.82, 2.24) is 4.98 Å². The van der Waals surface area contributed by atoms with Gasteiger partial charge in [-0.1, -0.05) is 0 Å². The Labute approximate surface area is 105 Å². The number of rotatable bonds is 4. The number of aromatic nitrogens is 1. The molecule has 0 aliphatic heterocycles. The summed E-state index contributed by atoms with van der Waals surface area (Å²) in [6, 6.07) is 1.46. The van der Waals surface area contributed by atoms with Gasteiger partial charge in [0.05, 0.1) is 24.7 Å². The Morgan fingerprint density at radius 1 is 1.68 bits per heavy atom. The van der Waals surface area contributed by atoms with Crippen LogP contribution in [0.4, 0.5) is 14.6 Å². The second-order valence-electron chi connectivity index (χ2n) is 3.31. The van der Waals surface area contributed by atoms with Crippen LogP contribution in [0.3, 0.4) is 0 Å². The zero-order valence-electron chi connectivity index (χ0n) is 9.59. The van der Waals surface area contributed by atoms with Crippen molar-refractivity contribution in [3.05, 3.63) is 33.0 Å². The van der Waals surface area contributed by atoms with Gasteiger partial charge in [-0.05, 0) is 9.91 Å². The van der Waals surface area contributed by atoms with Crippen LogP contribution in [0.15, 0.2) is 6.20 Å². The molecule has 0 spiro atoms. The van der Waals surface area contributed by atoms with Crippen LogP contribution in [0.1, 0.15) is 23.1 Å². The number of hydrogen-bond acceptors (Lipinski definition) is 6. The van der Waals surface area contributed by atoms with E-state index in [-0.39, 0.29) is 0 Å². The zero-order chi connectivity index (χ0) is 14.6. The molecule has 0 aliphatic carbocycles. The van der Waals surface area contributed by atoms with E-state index in [0.29, 0.717) is 6.20 Å². The van der Waals surface area contributed by atoms with Gasteiger partial charge in [0.2, 0.25) is 0 Å². The van der Waals surface area contributed by atoms with E-state index < -0.39 is 46.2 Å². The maximum atomic E-state index is 12.9. The molecule has 100 valence electrons. The highest BCUT2D eigenvalue weighted by Crippen LogP contribution is 2.31. The summed E-state index contributed by atoms with van der Waals surface area (Å²) >= 11 is 0. The van der Waals surface area contributed by atoms with Gasteiger partial charge in [-0.25, -0.2) is 8.78 Å². The number of carbonyl (C=O) groups is 1. The molecule has 9 heteroatoms. The van der Waals surface area contributed by atoms with E-state index in [1.807, 2.05) is 0 Å². The number of ether oxygens (including phenoxy) is 1. The third-order valence-electron chi connectivity index (χ3n) is 2.26. The monoisotopic (exact) mass is 271 g/mol. The minimum absolute atomic E-state index is 0.514. The predicted molar refractivity (Wildman–Crippen MR) is 56.3 cm³/mol. The highest BCUT2D eigenvalue weighted by molar-refractivity contribution is 5.75. The lowest BCUT2D eigenvalue weighted by Gasteiger charge is -2.09. The highest BCUT2D eigenvalue weighted by atomic mass is 19.3. The number of nitro groups is 1. The average Bonchev–Trinajstić information content (AvgIpc) is 2.36. The van der Waals surface area contributed by atoms with Gasteiger partial charge >= 0.3 is 11.8 Å². The van der Waals surface area contributed by atoms with E-state index in [1.54, 1.807) is 0 Å². The summed E-state index contributed by atoms with van der Waals surface area (Å²) in [5.74, 6) is -1.83. The van der Waals surface area contributed by atoms with Crippen LogP contribution in [0, 0.1) is 21.4 Å². The maximum absolute atomic E-state index is 12.9. The Morgan fingerprint density at radius 2 is 2.32 bits per heavy atom. The van der Waals surface area contributed by atoms with Crippen LogP contribution in [0.25, 0.3) is 0 Å². The molecule has 0 fully saturated rings. The van der Waals surface area contributed by atoms with E-state index in [1.165, 1.54) is 6.07 Å². The van der Waals surface area contributed by atoms with E-state index in [0.717, 1.165) is 7.11 Å². The molecule has 0 saturated carbocycles. The molecule has 1 aromatic rings. The number of hydrogen-bond donors (Lipinski definition) is 0. The summed E-state index contributed by atoms with van der Waals surface area (Å²) in [6.07, 6.45) is -3.22. The number of esters is 1. The molecule has 0 amide bonds. The molecule has 0 aliphatic rings. The first-order chi connectivity index (χ1) is 8.92. The summed E-state index contributed by atoms with van der Waals surface area (Å²) in [7, 11) is 1.01. The molecule has 1 rings (SSSR count). The molecular weight excluding hydrogens is 264 g/mol. The first kappa shape index (κ1) is 14.4. The number of pyridine rings is 1. The SMILES string of the molecule is COC(=O)Cc1c([N+](=O)[O-])ncc(C#N)c1C(F)F. The van der Waals surface area contributed by atoms with Gasteiger partial charge in [0.1, 0.15) is 11.6 Å². The number of halogens is 2. The number of alkyl halides is 2. The number of carbonyl (C=O) groups excluding carboxylic acids is 1. The summed E-state index contributed by atoms with van der Waals surface area (Å²) < 4.78 is 30.1. The average molecular weight is 271 g/mol.